The highest BCUT2D eigenvalue weighted by Crippen LogP contribution is 2.26. The van der Waals surface area contributed by atoms with Gasteiger partial charge in [-0.3, -0.25) is 0 Å². The molecule has 0 unspecified atom stereocenters. The average Bonchev–Trinajstić information content (AvgIpc) is 2.65. The maximum atomic E-state index is 4.14. The lowest BCUT2D eigenvalue weighted by Gasteiger charge is -2.08. The molecule has 1 saturated carbocycles. The lowest BCUT2D eigenvalue weighted by atomic mass is 10.1. The van der Waals surface area contributed by atoms with Crippen molar-refractivity contribution in [3.63, 3.8) is 0 Å². The molecule has 1 fully saturated rings. The van der Waals surface area contributed by atoms with Crippen LogP contribution in [0.25, 0.3) is 0 Å². The lowest BCUT2D eigenvalue weighted by Crippen LogP contribution is -2.08. The van der Waals surface area contributed by atoms with Crippen LogP contribution in [-0.2, 0) is 6.54 Å². The number of rotatable bonds is 2. The van der Waals surface area contributed by atoms with Crippen molar-refractivity contribution in [3.8, 4) is 0 Å². The van der Waals surface area contributed by atoms with E-state index in [-0.39, 0.29) is 0 Å². The number of halogens is 1. The van der Waals surface area contributed by atoms with E-state index in [2.05, 4.69) is 26.0 Å². The zero-order chi connectivity index (χ0) is 8.39. The van der Waals surface area contributed by atoms with E-state index < -0.39 is 0 Å². The number of hydrogen-bond acceptors (Lipinski definition) is 2. The topological polar surface area (TPSA) is 30.7 Å². The molecule has 3 nitrogen and oxygen atoms in total. The summed E-state index contributed by atoms with van der Waals surface area (Å²) in [7, 11) is 0. The predicted molar refractivity (Wildman–Crippen MR) is 49.7 cm³/mol. The summed E-state index contributed by atoms with van der Waals surface area (Å²) in [6.07, 6.45) is 7.08. The highest BCUT2D eigenvalue weighted by Gasteiger charge is 2.16. The Morgan fingerprint density at radius 1 is 1.50 bits per heavy atom. The molecular formula is C8H12BrN3. The SMILES string of the molecule is Brc1ncnn1CC1CCCC1. The van der Waals surface area contributed by atoms with Crippen LogP contribution in [-0.4, -0.2) is 14.8 Å². The summed E-state index contributed by atoms with van der Waals surface area (Å²) in [5, 5.41) is 4.14. The van der Waals surface area contributed by atoms with Crippen LogP contribution in [0.2, 0.25) is 0 Å². The van der Waals surface area contributed by atoms with Gasteiger partial charge in [0.1, 0.15) is 6.33 Å². The summed E-state index contributed by atoms with van der Waals surface area (Å²) < 4.78 is 2.80. The van der Waals surface area contributed by atoms with Crippen molar-refractivity contribution >= 4 is 15.9 Å². The number of hydrogen-bond donors (Lipinski definition) is 0. The molecule has 0 radical (unpaired) electrons. The molecule has 0 N–H and O–H groups in total. The largest absolute Gasteiger partial charge is 0.240 e. The quantitative estimate of drug-likeness (QED) is 0.779. The summed E-state index contributed by atoms with van der Waals surface area (Å²) in [6.45, 7) is 1.03. The molecule has 1 aliphatic carbocycles. The first-order chi connectivity index (χ1) is 5.86. The maximum Gasteiger partial charge on any atom is 0.195 e. The van der Waals surface area contributed by atoms with Crippen LogP contribution < -0.4 is 0 Å². The smallest absolute Gasteiger partial charge is 0.195 e. The first-order valence-electron chi connectivity index (χ1n) is 4.39. The van der Waals surface area contributed by atoms with Crippen LogP contribution in [0.1, 0.15) is 25.7 Å². The second-order valence-electron chi connectivity index (χ2n) is 3.36. The molecule has 0 atom stereocenters. The highest BCUT2D eigenvalue weighted by molar-refractivity contribution is 9.10. The standard InChI is InChI=1S/C8H12BrN3/c9-8-10-6-11-12(8)5-7-3-1-2-4-7/h6-7H,1-5H2. The van der Waals surface area contributed by atoms with Gasteiger partial charge in [-0.25, -0.2) is 9.67 Å². The van der Waals surface area contributed by atoms with Gasteiger partial charge in [0.05, 0.1) is 0 Å². The van der Waals surface area contributed by atoms with Crippen LogP contribution in [0.15, 0.2) is 11.1 Å². The zero-order valence-corrected chi connectivity index (χ0v) is 8.50. The molecule has 0 aliphatic heterocycles. The second-order valence-corrected chi connectivity index (χ2v) is 4.07. The van der Waals surface area contributed by atoms with Crippen molar-refractivity contribution in [2.75, 3.05) is 0 Å². The van der Waals surface area contributed by atoms with Gasteiger partial charge in [-0.2, -0.15) is 5.10 Å². The monoisotopic (exact) mass is 229 g/mol. The number of nitrogens with zero attached hydrogens (tertiary/aromatic N) is 3. The average molecular weight is 230 g/mol. The van der Waals surface area contributed by atoms with Crippen LogP contribution in [0, 0.1) is 5.92 Å². The van der Waals surface area contributed by atoms with Gasteiger partial charge < -0.3 is 0 Å². The van der Waals surface area contributed by atoms with Gasteiger partial charge in [-0.15, -0.1) is 0 Å². The van der Waals surface area contributed by atoms with Crippen LogP contribution in [0.5, 0.6) is 0 Å². The van der Waals surface area contributed by atoms with Crippen molar-refractivity contribution in [3.05, 3.63) is 11.1 Å². The molecule has 0 spiro atoms. The Kier molecular flexibility index (Phi) is 2.44. The summed E-state index contributed by atoms with van der Waals surface area (Å²) in [4.78, 5) is 4.03. The maximum absolute atomic E-state index is 4.14. The Morgan fingerprint density at radius 2 is 2.25 bits per heavy atom. The molecule has 66 valence electrons. The summed E-state index contributed by atoms with van der Waals surface area (Å²) >= 11 is 3.36. The molecular weight excluding hydrogens is 218 g/mol. The Bertz CT molecular complexity index is 253. The van der Waals surface area contributed by atoms with E-state index in [0.29, 0.717) is 0 Å². The summed E-state index contributed by atoms with van der Waals surface area (Å²) in [6, 6.07) is 0. The molecule has 12 heavy (non-hydrogen) atoms. The fourth-order valence-corrected chi connectivity index (χ4v) is 2.14. The third-order valence-electron chi connectivity index (χ3n) is 2.47. The predicted octanol–water partition coefficient (Wildman–Crippen LogP) is 2.23. The van der Waals surface area contributed by atoms with Crippen LogP contribution in [0.3, 0.4) is 0 Å². The van der Waals surface area contributed by atoms with Crippen molar-refractivity contribution in [1.82, 2.24) is 14.8 Å². The van der Waals surface area contributed by atoms with E-state index in [1.165, 1.54) is 25.7 Å². The van der Waals surface area contributed by atoms with E-state index in [0.717, 1.165) is 17.2 Å². The summed E-state index contributed by atoms with van der Waals surface area (Å²) in [5.74, 6) is 0.822. The van der Waals surface area contributed by atoms with Gasteiger partial charge in [0.2, 0.25) is 0 Å². The minimum Gasteiger partial charge on any atom is -0.240 e. The van der Waals surface area contributed by atoms with Gasteiger partial charge >= 0.3 is 0 Å². The molecule has 0 aromatic carbocycles. The Balaban J connectivity index is 1.98. The van der Waals surface area contributed by atoms with Gasteiger partial charge in [-0.05, 0) is 34.7 Å². The van der Waals surface area contributed by atoms with Crippen molar-refractivity contribution in [2.45, 2.75) is 32.2 Å². The van der Waals surface area contributed by atoms with E-state index >= 15 is 0 Å². The highest BCUT2D eigenvalue weighted by atomic mass is 79.9. The zero-order valence-electron chi connectivity index (χ0n) is 6.91. The Hall–Kier alpha value is -0.380. The fourth-order valence-electron chi connectivity index (χ4n) is 1.81. The number of aromatic nitrogens is 3. The van der Waals surface area contributed by atoms with Crippen molar-refractivity contribution in [1.29, 1.82) is 0 Å². The van der Waals surface area contributed by atoms with E-state index in [9.17, 15) is 0 Å². The molecule has 1 aliphatic rings. The third kappa shape index (κ3) is 1.68. The first kappa shape index (κ1) is 8.23. The summed E-state index contributed by atoms with van der Waals surface area (Å²) in [5.41, 5.74) is 0. The van der Waals surface area contributed by atoms with E-state index in [4.69, 9.17) is 0 Å². The Labute approximate surface area is 80.3 Å². The van der Waals surface area contributed by atoms with Gasteiger partial charge in [0, 0.05) is 6.54 Å². The third-order valence-corrected chi connectivity index (χ3v) is 3.09. The van der Waals surface area contributed by atoms with Crippen LogP contribution >= 0.6 is 15.9 Å². The fraction of sp³-hybridized carbons (Fsp3) is 0.750. The molecule has 0 bridgehead atoms. The van der Waals surface area contributed by atoms with Crippen molar-refractivity contribution < 1.29 is 0 Å². The molecule has 4 heteroatoms. The first-order valence-corrected chi connectivity index (χ1v) is 5.19. The van der Waals surface area contributed by atoms with E-state index in [1.54, 1.807) is 6.33 Å². The van der Waals surface area contributed by atoms with Crippen LogP contribution in [0.4, 0.5) is 0 Å². The van der Waals surface area contributed by atoms with Gasteiger partial charge in [0.15, 0.2) is 4.73 Å². The molecule has 2 rings (SSSR count). The second kappa shape index (κ2) is 3.56. The minimum absolute atomic E-state index is 0.822. The normalized spacial score (nSPS) is 18.8. The lowest BCUT2D eigenvalue weighted by molar-refractivity contribution is 0.422. The molecule has 1 heterocycles. The molecule has 0 amide bonds. The van der Waals surface area contributed by atoms with E-state index in [1.807, 2.05) is 4.68 Å². The minimum atomic E-state index is 0.822. The Morgan fingerprint density at radius 3 is 2.83 bits per heavy atom. The molecule has 1 aromatic rings. The van der Waals surface area contributed by atoms with Gasteiger partial charge in [0.25, 0.3) is 0 Å². The molecule has 0 saturated heterocycles. The van der Waals surface area contributed by atoms with Gasteiger partial charge in [-0.1, -0.05) is 12.8 Å². The van der Waals surface area contributed by atoms with Crippen molar-refractivity contribution in [2.24, 2.45) is 5.92 Å². The molecule has 1 aromatic heterocycles.